The molecule has 5 heterocycles. The normalized spacial score (nSPS) is 13.2. The average molecular weight is 464 g/mol. The average Bonchev–Trinajstić information content (AvgIpc) is 3.51. The van der Waals surface area contributed by atoms with Crippen molar-refractivity contribution in [3.05, 3.63) is 82.9 Å². The van der Waals surface area contributed by atoms with Crippen LogP contribution in [0.15, 0.2) is 65.9 Å². The number of hydrogen-bond donors (Lipinski definition) is 2. The van der Waals surface area contributed by atoms with Crippen molar-refractivity contribution in [2.24, 2.45) is 0 Å². The number of amides is 1. The minimum Gasteiger partial charge on any atom is -0.347 e. The van der Waals surface area contributed by atoms with Crippen LogP contribution < -0.4 is 0 Å². The predicted octanol–water partition coefficient (Wildman–Crippen LogP) is 3.58. The summed E-state index contributed by atoms with van der Waals surface area (Å²) in [6.45, 7) is 1.28. The Bertz CT molecular complexity index is 1340. The third-order valence-corrected chi connectivity index (χ3v) is 5.59. The number of H-pyrrole nitrogens is 2. The molecule has 1 aromatic carbocycles. The third kappa shape index (κ3) is 3.48. The number of halogens is 1. The van der Waals surface area contributed by atoms with Crippen LogP contribution in [-0.2, 0) is 13.0 Å². The summed E-state index contributed by atoms with van der Waals surface area (Å²) >= 11 is 3.37. The molecule has 9 heteroatoms. The quantitative estimate of drug-likeness (QED) is 0.397. The molecule has 6 rings (SSSR count). The first-order valence-corrected chi connectivity index (χ1v) is 10.3. The first-order valence-electron chi connectivity index (χ1n) is 9.50. The smallest absolute Gasteiger partial charge is 0.258 e. The maximum absolute atomic E-state index is 12.6. The van der Waals surface area contributed by atoms with Crippen LogP contribution in [0.1, 0.15) is 21.7 Å². The Morgan fingerprint density at radius 2 is 2.00 bits per heavy atom. The van der Waals surface area contributed by atoms with Gasteiger partial charge in [-0.05, 0) is 30.3 Å². The second kappa shape index (κ2) is 7.75. The van der Waals surface area contributed by atoms with Gasteiger partial charge in [0.15, 0.2) is 0 Å². The molecule has 1 aliphatic heterocycles. The Morgan fingerprint density at radius 3 is 2.93 bits per heavy atom. The molecular weight excluding hydrogens is 446 g/mol. The number of benzene rings is 1. The summed E-state index contributed by atoms with van der Waals surface area (Å²) in [4.78, 5) is 28.9. The van der Waals surface area contributed by atoms with Crippen LogP contribution in [0.25, 0.3) is 16.6 Å². The summed E-state index contributed by atoms with van der Waals surface area (Å²) in [6, 6.07) is 11.7. The molecule has 0 atom stereocenters. The van der Waals surface area contributed by atoms with Gasteiger partial charge in [-0.3, -0.25) is 4.79 Å². The fourth-order valence-corrected chi connectivity index (χ4v) is 3.92. The maximum atomic E-state index is 12.6. The molecule has 2 N–H and O–H groups in total. The van der Waals surface area contributed by atoms with Crippen molar-refractivity contribution in [2.75, 3.05) is 6.54 Å². The van der Waals surface area contributed by atoms with E-state index < -0.39 is 0 Å². The van der Waals surface area contributed by atoms with E-state index in [0.717, 1.165) is 38.8 Å². The van der Waals surface area contributed by atoms with E-state index in [1.54, 1.807) is 23.4 Å². The molecule has 8 nitrogen and oxygen atoms in total. The van der Waals surface area contributed by atoms with Gasteiger partial charge >= 0.3 is 0 Å². The highest BCUT2D eigenvalue weighted by Gasteiger charge is 2.25. The van der Waals surface area contributed by atoms with Gasteiger partial charge in [0.1, 0.15) is 0 Å². The highest BCUT2D eigenvalue weighted by atomic mass is 79.9. The van der Waals surface area contributed by atoms with Gasteiger partial charge < -0.3 is 14.9 Å². The SMILES string of the molecule is Brc1ccc2nc[nH]c2c1.O=C(c1cnn2ccccc12)N1CCc2nc[nH]c2C1. The lowest BCUT2D eigenvalue weighted by atomic mass is 10.1. The van der Waals surface area contributed by atoms with Gasteiger partial charge in [0.25, 0.3) is 5.91 Å². The second-order valence-corrected chi connectivity index (χ2v) is 7.87. The number of nitrogens with zero attached hydrogens (tertiary/aromatic N) is 5. The number of imidazole rings is 2. The van der Waals surface area contributed by atoms with Crippen LogP contribution in [0, 0.1) is 0 Å². The Morgan fingerprint density at radius 1 is 1.10 bits per heavy atom. The van der Waals surface area contributed by atoms with E-state index >= 15 is 0 Å². The molecule has 0 aliphatic carbocycles. The van der Waals surface area contributed by atoms with Gasteiger partial charge in [-0.1, -0.05) is 22.0 Å². The molecule has 150 valence electrons. The highest BCUT2D eigenvalue weighted by molar-refractivity contribution is 9.10. The third-order valence-electron chi connectivity index (χ3n) is 5.10. The molecule has 0 unspecified atom stereocenters. The maximum Gasteiger partial charge on any atom is 0.258 e. The first-order chi connectivity index (χ1) is 14.7. The minimum absolute atomic E-state index is 0.0199. The van der Waals surface area contributed by atoms with Crippen LogP contribution in [0.3, 0.4) is 0 Å². The van der Waals surface area contributed by atoms with Crippen molar-refractivity contribution in [1.82, 2.24) is 34.4 Å². The van der Waals surface area contributed by atoms with E-state index in [4.69, 9.17) is 0 Å². The molecule has 0 bridgehead atoms. The van der Waals surface area contributed by atoms with Gasteiger partial charge in [-0.2, -0.15) is 5.10 Å². The zero-order chi connectivity index (χ0) is 20.5. The van der Waals surface area contributed by atoms with Crippen LogP contribution in [0.2, 0.25) is 0 Å². The van der Waals surface area contributed by atoms with Crippen molar-refractivity contribution >= 4 is 38.4 Å². The number of pyridine rings is 1. The fraction of sp³-hybridized carbons (Fsp3) is 0.143. The molecule has 5 aromatic rings. The van der Waals surface area contributed by atoms with Gasteiger partial charge in [0, 0.05) is 23.6 Å². The van der Waals surface area contributed by atoms with Crippen molar-refractivity contribution in [3.63, 3.8) is 0 Å². The zero-order valence-electron chi connectivity index (χ0n) is 15.9. The Hall–Kier alpha value is -3.46. The summed E-state index contributed by atoms with van der Waals surface area (Å²) in [5.74, 6) is 0.0199. The second-order valence-electron chi connectivity index (χ2n) is 6.96. The number of aromatic amines is 2. The van der Waals surface area contributed by atoms with Gasteiger partial charge in [-0.25, -0.2) is 14.5 Å². The fourth-order valence-electron chi connectivity index (χ4n) is 3.56. The first kappa shape index (κ1) is 18.6. The van der Waals surface area contributed by atoms with Crippen LogP contribution in [-0.4, -0.2) is 46.9 Å². The highest BCUT2D eigenvalue weighted by Crippen LogP contribution is 2.19. The van der Waals surface area contributed by atoms with E-state index in [1.165, 1.54) is 0 Å². The number of carbonyl (C=O) groups is 1. The zero-order valence-corrected chi connectivity index (χ0v) is 17.5. The van der Waals surface area contributed by atoms with E-state index in [2.05, 4.69) is 41.0 Å². The molecule has 0 radical (unpaired) electrons. The van der Waals surface area contributed by atoms with Crippen molar-refractivity contribution in [3.8, 4) is 0 Å². The standard InChI is InChI=1S/C14H13N5O.C7H5BrN2/c20-14(10-7-17-19-5-2-1-3-13(10)19)18-6-4-11-12(8-18)16-9-15-11;8-5-1-2-6-7(3-5)10-4-9-6/h1-3,5,7,9H,4,6,8H2,(H,15,16);1-4H,(H,9,10). The number of nitrogens with one attached hydrogen (secondary N) is 2. The van der Waals surface area contributed by atoms with Crippen molar-refractivity contribution in [1.29, 1.82) is 0 Å². The number of rotatable bonds is 1. The number of fused-ring (bicyclic) bond motifs is 3. The lowest BCUT2D eigenvalue weighted by Crippen LogP contribution is -2.36. The molecule has 4 aromatic heterocycles. The lowest BCUT2D eigenvalue weighted by molar-refractivity contribution is 0.0734. The molecule has 1 aliphatic rings. The van der Waals surface area contributed by atoms with Gasteiger partial charge in [0.2, 0.25) is 0 Å². The summed E-state index contributed by atoms with van der Waals surface area (Å²) < 4.78 is 2.79. The molecule has 30 heavy (non-hydrogen) atoms. The lowest BCUT2D eigenvalue weighted by Gasteiger charge is -2.25. The minimum atomic E-state index is 0.0199. The van der Waals surface area contributed by atoms with Gasteiger partial charge in [0.05, 0.1) is 58.9 Å². The Balaban J connectivity index is 0.000000161. The van der Waals surface area contributed by atoms with Crippen molar-refractivity contribution in [2.45, 2.75) is 13.0 Å². The summed E-state index contributed by atoms with van der Waals surface area (Å²) in [5, 5.41) is 4.22. The molecule has 0 fully saturated rings. The van der Waals surface area contributed by atoms with Gasteiger partial charge in [-0.15, -0.1) is 0 Å². The Kier molecular flexibility index (Phi) is 4.80. The molecule has 0 saturated heterocycles. The molecule has 0 spiro atoms. The van der Waals surface area contributed by atoms with E-state index in [1.807, 2.05) is 47.5 Å². The summed E-state index contributed by atoms with van der Waals surface area (Å²) in [7, 11) is 0. The molecule has 0 saturated carbocycles. The monoisotopic (exact) mass is 463 g/mol. The predicted molar refractivity (Wildman–Crippen MR) is 116 cm³/mol. The topological polar surface area (TPSA) is 95.0 Å². The number of carbonyl (C=O) groups excluding carboxylic acids is 1. The van der Waals surface area contributed by atoms with Crippen LogP contribution >= 0.6 is 15.9 Å². The summed E-state index contributed by atoms with van der Waals surface area (Å²) in [5.41, 5.74) is 5.65. The molecule has 1 amide bonds. The molecular formula is C21H18BrN7O. The summed E-state index contributed by atoms with van der Waals surface area (Å²) in [6.07, 6.45) is 7.66. The van der Waals surface area contributed by atoms with E-state index in [-0.39, 0.29) is 5.91 Å². The Labute approximate surface area is 180 Å². The van der Waals surface area contributed by atoms with E-state index in [0.29, 0.717) is 18.7 Å². The largest absolute Gasteiger partial charge is 0.347 e. The van der Waals surface area contributed by atoms with Crippen LogP contribution in [0.5, 0.6) is 0 Å². The van der Waals surface area contributed by atoms with Crippen LogP contribution in [0.4, 0.5) is 0 Å². The number of hydrogen-bond acceptors (Lipinski definition) is 4. The number of aromatic nitrogens is 6. The van der Waals surface area contributed by atoms with E-state index in [9.17, 15) is 4.79 Å². The van der Waals surface area contributed by atoms with Crippen molar-refractivity contribution < 1.29 is 4.79 Å².